The van der Waals surface area contributed by atoms with Gasteiger partial charge < -0.3 is 4.90 Å². The average molecular weight is 346 g/mol. The minimum Gasteiger partial charge on any atom is -0.370 e. The summed E-state index contributed by atoms with van der Waals surface area (Å²) in [6.45, 7) is 1.47. The Labute approximate surface area is 132 Å². The van der Waals surface area contributed by atoms with Gasteiger partial charge in [0.2, 0.25) is 0 Å². The third-order valence-corrected chi connectivity index (χ3v) is 5.62. The lowest BCUT2D eigenvalue weighted by Crippen LogP contribution is -2.37. The zero-order chi connectivity index (χ0) is 15.7. The molecule has 0 saturated carbocycles. The highest BCUT2D eigenvalue weighted by molar-refractivity contribution is 7.85. The molecule has 2 heterocycles. The first-order chi connectivity index (χ1) is 10.4. The molecule has 1 aromatic carbocycles. The summed E-state index contributed by atoms with van der Waals surface area (Å²) in [7, 11) is -0.731. The van der Waals surface area contributed by atoms with Crippen molar-refractivity contribution >= 4 is 27.8 Å². The molecule has 0 amide bonds. The quantitative estimate of drug-likeness (QED) is 0.836. The van der Waals surface area contributed by atoms with Crippen molar-refractivity contribution < 1.29 is 17.4 Å². The van der Waals surface area contributed by atoms with Gasteiger partial charge in [-0.3, -0.25) is 4.21 Å². The number of halogens is 3. The molecule has 22 heavy (non-hydrogen) atoms. The molecular weight excluding hydrogens is 333 g/mol. The van der Waals surface area contributed by atoms with Crippen molar-refractivity contribution in [3.63, 3.8) is 0 Å². The van der Waals surface area contributed by atoms with Crippen LogP contribution in [0.2, 0.25) is 0 Å². The molecule has 3 rings (SSSR count). The van der Waals surface area contributed by atoms with Crippen molar-refractivity contribution in [1.82, 2.24) is 4.98 Å². The standard InChI is InChI=1S/C14H13F3N2OS2/c15-14(16,17)13-18-12(9-21-13)10-1-3-11(4-2-10)19-5-7-22(20)8-6-19/h1-4,9H,5-8H2. The van der Waals surface area contributed by atoms with E-state index in [9.17, 15) is 17.4 Å². The number of nitrogens with zero attached hydrogens (tertiary/aromatic N) is 2. The van der Waals surface area contributed by atoms with Crippen LogP contribution < -0.4 is 4.90 Å². The highest BCUT2D eigenvalue weighted by Gasteiger charge is 2.34. The van der Waals surface area contributed by atoms with E-state index >= 15 is 0 Å². The van der Waals surface area contributed by atoms with Crippen LogP contribution in [0, 0.1) is 0 Å². The average Bonchev–Trinajstić information content (AvgIpc) is 2.98. The van der Waals surface area contributed by atoms with E-state index in [4.69, 9.17) is 0 Å². The van der Waals surface area contributed by atoms with E-state index in [0.717, 1.165) is 18.8 Å². The zero-order valence-corrected chi connectivity index (χ0v) is 13.1. The minimum absolute atomic E-state index is 0.337. The maximum atomic E-state index is 12.6. The van der Waals surface area contributed by atoms with E-state index < -0.39 is 22.0 Å². The first-order valence-electron chi connectivity index (χ1n) is 6.66. The number of aromatic nitrogens is 1. The van der Waals surface area contributed by atoms with Crippen LogP contribution in [-0.2, 0) is 17.0 Å². The van der Waals surface area contributed by atoms with Gasteiger partial charge in [0.1, 0.15) is 0 Å². The van der Waals surface area contributed by atoms with E-state index in [1.807, 2.05) is 12.1 Å². The zero-order valence-electron chi connectivity index (χ0n) is 11.5. The van der Waals surface area contributed by atoms with E-state index in [2.05, 4.69) is 9.88 Å². The van der Waals surface area contributed by atoms with Crippen LogP contribution >= 0.6 is 11.3 Å². The molecule has 1 aliphatic rings. The molecule has 0 spiro atoms. The third-order valence-electron chi connectivity index (χ3n) is 3.45. The smallest absolute Gasteiger partial charge is 0.370 e. The molecule has 0 N–H and O–H groups in total. The van der Waals surface area contributed by atoms with Gasteiger partial charge in [-0.25, -0.2) is 4.98 Å². The monoisotopic (exact) mass is 346 g/mol. The molecule has 8 heteroatoms. The Kier molecular flexibility index (Phi) is 4.22. The molecule has 0 atom stereocenters. The lowest BCUT2D eigenvalue weighted by molar-refractivity contribution is -0.137. The summed E-state index contributed by atoms with van der Waals surface area (Å²) in [5.74, 6) is 1.31. The topological polar surface area (TPSA) is 33.2 Å². The second-order valence-corrected chi connectivity index (χ2v) is 7.47. The summed E-state index contributed by atoms with van der Waals surface area (Å²) in [5.41, 5.74) is 1.99. The fraction of sp³-hybridized carbons (Fsp3) is 0.357. The Morgan fingerprint density at radius 2 is 1.77 bits per heavy atom. The van der Waals surface area contributed by atoms with Crippen molar-refractivity contribution in [2.24, 2.45) is 0 Å². The molecule has 0 unspecified atom stereocenters. The lowest BCUT2D eigenvalue weighted by atomic mass is 10.1. The number of benzene rings is 1. The Morgan fingerprint density at radius 3 is 2.32 bits per heavy atom. The summed E-state index contributed by atoms with van der Waals surface area (Å²) < 4.78 is 49.1. The number of thiazole rings is 1. The minimum atomic E-state index is -4.40. The van der Waals surface area contributed by atoms with Crippen molar-refractivity contribution in [3.8, 4) is 11.3 Å². The largest absolute Gasteiger partial charge is 0.443 e. The molecule has 0 radical (unpaired) electrons. The number of rotatable bonds is 2. The molecule has 118 valence electrons. The van der Waals surface area contributed by atoms with Gasteiger partial charge in [0.05, 0.1) is 5.69 Å². The Bertz CT molecular complexity index is 672. The second kappa shape index (κ2) is 6.00. The maximum Gasteiger partial charge on any atom is 0.443 e. The highest BCUT2D eigenvalue weighted by Crippen LogP contribution is 2.34. The first kappa shape index (κ1) is 15.5. The molecule has 1 saturated heterocycles. The molecule has 0 bridgehead atoms. The Morgan fingerprint density at radius 1 is 1.14 bits per heavy atom. The Balaban J connectivity index is 1.77. The SMILES string of the molecule is O=S1CCN(c2ccc(-c3csc(C(F)(F)F)n3)cc2)CC1. The van der Waals surface area contributed by atoms with Crippen molar-refractivity contribution in [1.29, 1.82) is 0 Å². The number of alkyl halides is 3. The Hall–Kier alpha value is -1.41. The van der Waals surface area contributed by atoms with Crippen molar-refractivity contribution in [3.05, 3.63) is 34.7 Å². The van der Waals surface area contributed by atoms with Crippen LogP contribution in [0.4, 0.5) is 18.9 Å². The van der Waals surface area contributed by atoms with Crippen molar-refractivity contribution in [2.75, 3.05) is 29.5 Å². The second-order valence-electron chi connectivity index (χ2n) is 4.92. The van der Waals surface area contributed by atoms with Crippen LogP contribution in [0.25, 0.3) is 11.3 Å². The van der Waals surface area contributed by atoms with Crippen molar-refractivity contribution in [2.45, 2.75) is 6.18 Å². The predicted octanol–water partition coefficient (Wildman–Crippen LogP) is 3.40. The summed E-state index contributed by atoms with van der Waals surface area (Å²) >= 11 is 0.603. The molecule has 1 aliphatic heterocycles. The summed E-state index contributed by atoms with van der Waals surface area (Å²) in [6, 6.07) is 7.29. The van der Waals surface area contributed by atoms with Crippen LogP contribution in [0.1, 0.15) is 5.01 Å². The van der Waals surface area contributed by atoms with Gasteiger partial charge in [0.25, 0.3) is 0 Å². The lowest BCUT2D eigenvalue weighted by Gasteiger charge is -2.28. The van der Waals surface area contributed by atoms with Crippen LogP contribution in [-0.4, -0.2) is 33.8 Å². The van der Waals surface area contributed by atoms with E-state index in [0.29, 0.717) is 34.1 Å². The fourth-order valence-corrected chi connectivity index (χ4v) is 4.02. The van der Waals surface area contributed by atoms with Crippen LogP contribution in [0.3, 0.4) is 0 Å². The summed E-state index contributed by atoms with van der Waals surface area (Å²) in [5, 5.41) is 0.590. The van der Waals surface area contributed by atoms with Gasteiger partial charge in [-0.05, 0) is 12.1 Å². The van der Waals surface area contributed by atoms with Gasteiger partial charge in [-0.2, -0.15) is 13.2 Å². The van der Waals surface area contributed by atoms with Crippen LogP contribution in [0.5, 0.6) is 0 Å². The molecule has 2 aromatic rings. The number of anilines is 1. The van der Waals surface area contributed by atoms with Gasteiger partial charge in [0, 0.05) is 52.0 Å². The summed E-state index contributed by atoms with van der Waals surface area (Å²) in [4.78, 5) is 5.78. The van der Waals surface area contributed by atoms with Gasteiger partial charge in [-0.15, -0.1) is 11.3 Å². The molecule has 3 nitrogen and oxygen atoms in total. The van der Waals surface area contributed by atoms with Gasteiger partial charge in [-0.1, -0.05) is 12.1 Å². The fourth-order valence-electron chi connectivity index (χ4n) is 2.28. The third kappa shape index (κ3) is 3.33. The first-order valence-corrected chi connectivity index (χ1v) is 9.03. The molecule has 1 fully saturated rings. The number of hydrogen-bond donors (Lipinski definition) is 0. The van der Waals surface area contributed by atoms with E-state index in [1.165, 1.54) is 5.38 Å². The highest BCUT2D eigenvalue weighted by atomic mass is 32.2. The molecule has 0 aliphatic carbocycles. The van der Waals surface area contributed by atoms with Gasteiger partial charge in [0.15, 0.2) is 5.01 Å². The maximum absolute atomic E-state index is 12.6. The summed E-state index contributed by atoms with van der Waals surface area (Å²) in [6.07, 6.45) is -4.40. The predicted molar refractivity (Wildman–Crippen MR) is 82.6 cm³/mol. The number of hydrogen-bond acceptors (Lipinski definition) is 4. The molecular formula is C14H13F3N2OS2. The van der Waals surface area contributed by atoms with E-state index in [-0.39, 0.29) is 0 Å². The van der Waals surface area contributed by atoms with Crippen LogP contribution in [0.15, 0.2) is 29.6 Å². The van der Waals surface area contributed by atoms with Gasteiger partial charge >= 0.3 is 6.18 Å². The normalized spacial score (nSPS) is 17.0. The van der Waals surface area contributed by atoms with E-state index in [1.54, 1.807) is 12.1 Å². The molecule has 1 aromatic heterocycles.